The second-order valence-electron chi connectivity index (χ2n) is 10.9. The molecule has 3 N–H and O–H groups in total. The van der Waals surface area contributed by atoms with Gasteiger partial charge in [0.05, 0.1) is 24.2 Å². The average molecular weight is 510 g/mol. The standard InChI is InChI=1S/C25H35N9O3/c1-25(2,3)37-24(36)34-17-6-7-18(34)10-19(9-17)33(5)23-27-20(15-12-26-32(4)13-15)11-21(29-23)28-22-8-16(14-35)30-31-22/h8,11-13,17-19,35H,6-7,9-10,14H2,1-5H3,(H2,27,28,29,30,31)/t17-,18+,19-. The summed E-state index contributed by atoms with van der Waals surface area (Å²) >= 11 is 0. The third kappa shape index (κ3) is 5.38. The van der Waals surface area contributed by atoms with E-state index in [9.17, 15) is 9.90 Å². The van der Waals surface area contributed by atoms with Crippen LogP contribution in [0.3, 0.4) is 0 Å². The number of aliphatic hydroxyl groups excluding tert-OH is 1. The van der Waals surface area contributed by atoms with Crippen LogP contribution in [0.5, 0.6) is 0 Å². The molecule has 5 rings (SSSR count). The van der Waals surface area contributed by atoms with Gasteiger partial charge in [-0.1, -0.05) is 0 Å². The molecule has 0 aromatic carbocycles. The summed E-state index contributed by atoms with van der Waals surface area (Å²) in [5, 5.41) is 23.8. The molecule has 3 aromatic rings. The molecule has 12 nitrogen and oxygen atoms in total. The van der Waals surface area contributed by atoms with Crippen molar-refractivity contribution in [1.82, 2.24) is 34.8 Å². The molecule has 5 heterocycles. The van der Waals surface area contributed by atoms with Gasteiger partial charge in [-0.2, -0.15) is 15.2 Å². The van der Waals surface area contributed by atoms with Gasteiger partial charge in [0.15, 0.2) is 5.82 Å². The second kappa shape index (κ2) is 9.66. The number of hydrogen-bond donors (Lipinski definition) is 3. The highest BCUT2D eigenvalue weighted by atomic mass is 16.6. The molecule has 0 saturated carbocycles. The van der Waals surface area contributed by atoms with Crippen LogP contribution in [0, 0.1) is 0 Å². The maximum atomic E-state index is 12.9. The number of H-pyrrole nitrogens is 1. The van der Waals surface area contributed by atoms with Crippen molar-refractivity contribution >= 4 is 23.7 Å². The van der Waals surface area contributed by atoms with Crippen LogP contribution >= 0.6 is 0 Å². The van der Waals surface area contributed by atoms with Gasteiger partial charge in [0.2, 0.25) is 5.95 Å². The van der Waals surface area contributed by atoms with Gasteiger partial charge in [-0.25, -0.2) is 9.78 Å². The number of aliphatic hydroxyl groups is 1. The fourth-order valence-corrected chi connectivity index (χ4v) is 5.24. The molecule has 0 radical (unpaired) electrons. The minimum absolute atomic E-state index is 0.127. The molecule has 0 spiro atoms. The van der Waals surface area contributed by atoms with E-state index in [1.807, 2.05) is 52.0 Å². The Bertz CT molecular complexity index is 1250. The van der Waals surface area contributed by atoms with Crippen molar-refractivity contribution in [2.75, 3.05) is 17.3 Å². The lowest BCUT2D eigenvalue weighted by molar-refractivity contribution is 0.00595. The van der Waals surface area contributed by atoms with Gasteiger partial charge in [0, 0.05) is 56.1 Å². The summed E-state index contributed by atoms with van der Waals surface area (Å²) in [6.45, 7) is 5.58. The summed E-state index contributed by atoms with van der Waals surface area (Å²) in [5.74, 6) is 1.72. The number of aromatic nitrogens is 6. The normalized spacial score (nSPS) is 21.2. The van der Waals surface area contributed by atoms with E-state index >= 15 is 0 Å². The van der Waals surface area contributed by atoms with Crippen molar-refractivity contribution in [2.24, 2.45) is 7.05 Å². The first-order valence-corrected chi connectivity index (χ1v) is 12.6. The number of nitrogens with one attached hydrogen (secondary N) is 2. The molecule has 12 heteroatoms. The third-order valence-corrected chi connectivity index (χ3v) is 6.95. The van der Waals surface area contributed by atoms with Crippen LogP contribution in [0.1, 0.15) is 52.1 Å². The van der Waals surface area contributed by atoms with Gasteiger partial charge in [-0.3, -0.25) is 9.78 Å². The monoisotopic (exact) mass is 509 g/mol. The Morgan fingerprint density at radius 2 is 1.95 bits per heavy atom. The van der Waals surface area contributed by atoms with Crippen molar-refractivity contribution in [2.45, 2.75) is 76.8 Å². The van der Waals surface area contributed by atoms with E-state index in [0.717, 1.165) is 36.9 Å². The smallest absolute Gasteiger partial charge is 0.410 e. The first-order valence-electron chi connectivity index (χ1n) is 12.6. The molecule has 2 bridgehead atoms. The van der Waals surface area contributed by atoms with Crippen molar-refractivity contribution in [3.05, 3.63) is 30.2 Å². The lowest BCUT2D eigenvalue weighted by Gasteiger charge is -2.42. The van der Waals surface area contributed by atoms with Crippen LogP contribution in [0.4, 0.5) is 22.4 Å². The van der Waals surface area contributed by atoms with Crippen LogP contribution in [-0.4, -0.2) is 76.8 Å². The lowest BCUT2D eigenvalue weighted by Crippen LogP contribution is -2.53. The predicted octanol–water partition coefficient (Wildman–Crippen LogP) is 3.20. The van der Waals surface area contributed by atoms with Crippen LogP contribution in [0.2, 0.25) is 0 Å². The Balaban J connectivity index is 1.39. The topological polar surface area (TPSA) is 137 Å². The summed E-state index contributed by atoms with van der Waals surface area (Å²) in [6.07, 6.45) is 7.07. The number of fused-ring (bicyclic) bond motifs is 2. The first kappa shape index (κ1) is 25.0. The number of ether oxygens (including phenoxy) is 1. The number of anilines is 3. The zero-order valence-electron chi connectivity index (χ0n) is 22.0. The molecule has 0 unspecified atom stereocenters. The Morgan fingerprint density at radius 3 is 2.54 bits per heavy atom. The number of rotatable bonds is 6. The van der Waals surface area contributed by atoms with Crippen LogP contribution in [-0.2, 0) is 18.4 Å². The highest BCUT2D eigenvalue weighted by Crippen LogP contribution is 2.39. The Labute approximate surface area is 216 Å². The van der Waals surface area contributed by atoms with E-state index in [1.54, 1.807) is 16.9 Å². The number of hydrogen-bond acceptors (Lipinski definition) is 9. The van der Waals surface area contributed by atoms with Gasteiger partial charge in [0.1, 0.15) is 11.4 Å². The van der Waals surface area contributed by atoms with E-state index in [4.69, 9.17) is 14.7 Å². The van der Waals surface area contributed by atoms with Crippen molar-refractivity contribution in [1.29, 1.82) is 0 Å². The lowest BCUT2D eigenvalue weighted by atomic mass is 9.97. The van der Waals surface area contributed by atoms with E-state index in [2.05, 4.69) is 25.5 Å². The molecule has 2 aliphatic heterocycles. The first-order chi connectivity index (χ1) is 17.6. The molecule has 1 amide bonds. The number of carbonyl (C=O) groups is 1. The number of piperidine rings is 1. The molecule has 2 aliphatic rings. The summed E-state index contributed by atoms with van der Waals surface area (Å²) in [7, 11) is 3.88. The van der Waals surface area contributed by atoms with Gasteiger partial charge < -0.3 is 25.0 Å². The summed E-state index contributed by atoms with van der Waals surface area (Å²) in [6, 6.07) is 4.05. The fourth-order valence-electron chi connectivity index (χ4n) is 5.24. The predicted molar refractivity (Wildman–Crippen MR) is 138 cm³/mol. The van der Waals surface area contributed by atoms with Gasteiger partial charge >= 0.3 is 6.09 Å². The average Bonchev–Trinajstić information content (AvgIpc) is 3.55. The third-order valence-electron chi connectivity index (χ3n) is 6.95. The number of amides is 1. The fraction of sp³-hybridized carbons (Fsp3) is 0.560. The second-order valence-corrected chi connectivity index (χ2v) is 10.9. The van der Waals surface area contributed by atoms with Crippen molar-refractivity contribution in [3.63, 3.8) is 0 Å². The van der Waals surface area contributed by atoms with E-state index in [1.165, 1.54) is 0 Å². The SMILES string of the molecule is CN(c1nc(Nc2cc(CO)[nH]n2)cc(-c2cnn(C)c2)n1)[C@@H]1C[C@H]2CC[C@@H](C1)N2C(=O)OC(C)(C)C. The highest BCUT2D eigenvalue weighted by Gasteiger charge is 2.46. The molecule has 198 valence electrons. The molecule has 37 heavy (non-hydrogen) atoms. The number of carbonyl (C=O) groups excluding carboxylic acids is 1. The maximum Gasteiger partial charge on any atom is 0.410 e. The molecular weight excluding hydrogens is 474 g/mol. The quantitative estimate of drug-likeness (QED) is 0.457. The molecule has 3 atom stereocenters. The Morgan fingerprint density at radius 1 is 1.22 bits per heavy atom. The number of nitrogens with zero attached hydrogens (tertiary/aromatic N) is 7. The Kier molecular flexibility index (Phi) is 6.52. The highest BCUT2D eigenvalue weighted by molar-refractivity contribution is 5.70. The van der Waals surface area contributed by atoms with E-state index in [-0.39, 0.29) is 30.8 Å². The Hall–Kier alpha value is -3.67. The molecule has 3 aromatic heterocycles. The summed E-state index contributed by atoms with van der Waals surface area (Å²) < 4.78 is 7.43. The summed E-state index contributed by atoms with van der Waals surface area (Å²) in [4.78, 5) is 26.6. The molecule has 0 aliphatic carbocycles. The molecule has 2 saturated heterocycles. The molecule has 2 fully saturated rings. The van der Waals surface area contributed by atoms with Crippen LogP contribution < -0.4 is 10.2 Å². The van der Waals surface area contributed by atoms with Gasteiger partial charge in [0.25, 0.3) is 0 Å². The number of aromatic amines is 1. The molecular formula is C25H35N9O3. The zero-order chi connectivity index (χ0) is 26.3. The van der Waals surface area contributed by atoms with Gasteiger partial charge in [-0.15, -0.1) is 0 Å². The van der Waals surface area contributed by atoms with Crippen LogP contribution in [0.25, 0.3) is 11.3 Å². The van der Waals surface area contributed by atoms with Crippen molar-refractivity contribution < 1.29 is 14.6 Å². The summed E-state index contributed by atoms with van der Waals surface area (Å²) in [5.41, 5.74) is 1.70. The zero-order valence-corrected chi connectivity index (χ0v) is 22.0. The number of aryl methyl sites for hydroxylation is 1. The maximum absolute atomic E-state index is 12.9. The van der Waals surface area contributed by atoms with E-state index in [0.29, 0.717) is 23.3 Å². The minimum atomic E-state index is -0.513. The largest absolute Gasteiger partial charge is 0.444 e. The van der Waals surface area contributed by atoms with Crippen LogP contribution in [0.15, 0.2) is 24.5 Å². The van der Waals surface area contributed by atoms with E-state index < -0.39 is 5.60 Å². The minimum Gasteiger partial charge on any atom is -0.444 e. The van der Waals surface area contributed by atoms with Gasteiger partial charge in [-0.05, 0) is 46.5 Å². The van der Waals surface area contributed by atoms with Crippen molar-refractivity contribution in [3.8, 4) is 11.3 Å².